The summed E-state index contributed by atoms with van der Waals surface area (Å²) < 4.78 is 3.94. The SMILES string of the molecule is O=[N+]([O-])c1ccc(-c2c(CO)c(CO)c(-c3ccccc3)n2CCn2c(-c3ccccc3)c(CO)c(CO)c2-c2ccc([N+](=O)[O-])cc2)cc1. The number of nitrogens with zero attached hydrogens (tertiary/aromatic N) is 4. The Morgan fingerprint density at radius 2 is 0.680 bits per heavy atom. The molecule has 254 valence electrons. The second-order valence-electron chi connectivity index (χ2n) is 11.6. The second-order valence-corrected chi connectivity index (χ2v) is 11.6. The third kappa shape index (κ3) is 6.19. The standard InChI is InChI=1S/C38H34N4O8/c43-21-31-33(23-45)37(27-11-15-29(16-12-27)41(47)48)39(35(31)25-7-3-1-4-8-25)19-20-40-36(26-9-5-2-6-10-26)32(22-44)34(24-46)38(40)28-13-17-30(18-14-28)42(49)50/h1-18,43-46H,19-24H2. The highest BCUT2D eigenvalue weighted by atomic mass is 16.6. The van der Waals surface area contributed by atoms with Crippen molar-refractivity contribution in [2.45, 2.75) is 39.5 Å². The molecule has 0 aliphatic heterocycles. The Bertz CT molecular complexity index is 1980. The van der Waals surface area contributed by atoms with E-state index in [4.69, 9.17) is 0 Å². The van der Waals surface area contributed by atoms with Crippen molar-refractivity contribution in [1.82, 2.24) is 9.13 Å². The number of nitro benzene ring substituents is 2. The van der Waals surface area contributed by atoms with Gasteiger partial charge in [0.1, 0.15) is 0 Å². The number of hydrogen-bond donors (Lipinski definition) is 4. The first kappa shape index (κ1) is 34.0. The summed E-state index contributed by atoms with van der Waals surface area (Å²) in [6.07, 6.45) is 0. The van der Waals surface area contributed by atoms with Gasteiger partial charge in [-0.15, -0.1) is 0 Å². The average molecular weight is 675 g/mol. The third-order valence-electron chi connectivity index (χ3n) is 8.93. The Balaban J connectivity index is 1.61. The van der Waals surface area contributed by atoms with E-state index in [-0.39, 0.29) is 37.7 Å². The lowest BCUT2D eigenvalue weighted by atomic mass is 10.0. The molecule has 0 unspecified atom stereocenters. The van der Waals surface area contributed by atoms with Gasteiger partial charge in [0.2, 0.25) is 0 Å². The molecular formula is C38H34N4O8. The molecule has 4 N–H and O–H groups in total. The summed E-state index contributed by atoms with van der Waals surface area (Å²) in [7, 11) is 0. The summed E-state index contributed by atoms with van der Waals surface area (Å²) in [5.74, 6) is 0. The topological polar surface area (TPSA) is 177 Å². The van der Waals surface area contributed by atoms with Gasteiger partial charge in [0.25, 0.3) is 11.4 Å². The summed E-state index contributed by atoms with van der Waals surface area (Å²) in [6, 6.07) is 30.8. The molecule has 0 aliphatic rings. The molecule has 2 heterocycles. The van der Waals surface area contributed by atoms with Gasteiger partial charge in [-0.1, -0.05) is 60.7 Å². The Hall–Kier alpha value is -5.92. The number of hydrogen-bond acceptors (Lipinski definition) is 8. The summed E-state index contributed by atoms with van der Waals surface area (Å²) in [5.41, 5.74) is 6.95. The van der Waals surface area contributed by atoms with E-state index in [1.165, 1.54) is 24.3 Å². The number of non-ortho nitro benzene ring substituents is 2. The average Bonchev–Trinajstić information content (AvgIpc) is 3.66. The zero-order valence-corrected chi connectivity index (χ0v) is 26.8. The quantitative estimate of drug-likeness (QED) is 0.0798. The van der Waals surface area contributed by atoms with Crippen molar-refractivity contribution in [1.29, 1.82) is 0 Å². The summed E-state index contributed by atoms with van der Waals surface area (Å²) in [5, 5.41) is 65.8. The van der Waals surface area contributed by atoms with Crippen molar-refractivity contribution >= 4 is 11.4 Å². The van der Waals surface area contributed by atoms with Gasteiger partial charge in [-0.2, -0.15) is 0 Å². The van der Waals surface area contributed by atoms with E-state index < -0.39 is 23.1 Å². The van der Waals surface area contributed by atoms with Crippen LogP contribution in [-0.4, -0.2) is 39.4 Å². The van der Waals surface area contributed by atoms with E-state index in [1.54, 1.807) is 24.3 Å². The maximum atomic E-state index is 11.5. The van der Waals surface area contributed by atoms with Crippen LogP contribution in [0.1, 0.15) is 22.3 Å². The normalized spacial score (nSPS) is 11.2. The number of rotatable bonds is 13. The van der Waals surface area contributed by atoms with Crippen LogP contribution in [0.25, 0.3) is 45.0 Å². The van der Waals surface area contributed by atoms with Gasteiger partial charge < -0.3 is 29.6 Å². The maximum Gasteiger partial charge on any atom is 0.269 e. The maximum absolute atomic E-state index is 11.5. The minimum atomic E-state index is -0.487. The predicted octanol–water partition coefficient (Wildman–Crippen LogP) is 6.44. The first-order chi connectivity index (χ1) is 24.3. The van der Waals surface area contributed by atoms with Crippen molar-refractivity contribution in [3.05, 3.63) is 152 Å². The summed E-state index contributed by atoms with van der Waals surface area (Å²) >= 11 is 0. The van der Waals surface area contributed by atoms with Gasteiger partial charge in [0.15, 0.2) is 0 Å². The fourth-order valence-corrected chi connectivity index (χ4v) is 6.77. The van der Waals surface area contributed by atoms with Gasteiger partial charge in [-0.3, -0.25) is 20.2 Å². The van der Waals surface area contributed by atoms with Crippen LogP contribution in [0.15, 0.2) is 109 Å². The van der Waals surface area contributed by atoms with Crippen LogP contribution in [0.4, 0.5) is 11.4 Å². The lowest BCUT2D eigenvalue weighted by Gasteiger charge is -2.20. The molecule has 6 aromatic rings. The molecule has 12 nitrogen and oxygen atoms in total. The van der Waals surface area contributed by atoms with Gasteiger partial charge >= 0.3 is 0 Å². The summed E-state index contributed by atoms with van der Waals surface area (Å²) in [4.78, 5) is 22.0. The number of nitro groups is 2. The van der Waals surface area contributed by atoms with E-state index in [2.05, 4.69) is 0 Å². The van der Waals surface area contributed by atoms with E-state index in [0.29, 0.717) is 56.2 Å². The van der Waals surface area contributed by atoms with E-state index >= 15 is 0 Å². The fourth-order valence-electron chi connectivity index (χ4n) is 6.77. The molecule has 0 radical (unpaired) electrons. The molecule has 0 saturated carbocycles. The number of benzene rings is 4. The van der Waals surface area contributed by atoms with Crippen LogP contribution in [0.3, 0.4) is 0 Å². The highest BCUT2D eigenvalue weighted by Gasteiger charge is 2.28. The lowest BCUT2D eigenvalue weighted by molar-refractivity contribution is -0.385. The first-order valence-corrected chi connectivity index (χ1v) is 15.8. The van der Waals surface area contributed by atoms with Crippen molar-refractivity contribution in [2.24, 2.45) is 0 Å². The molecule has 0 atom stereocenters. The largest absolute Gasteiger partial charge is 0.392 e. The minimum Gasteiger partial charge on any atom is -0.392 e. The van der Waals surface area contributed by atoms with Gasteiger partial charge in [-0.05, 0) is 46.5 Å². The highest BCUT2D eigenvalue weighted by Crippen LogP contribution is 2.41. The lowest BCUT2D eigenvalue weighted by Crippen LogP contribution is -2.13. The van der Waals surface area contributed by atoms with E-state index in [0.717, 1.165) is 11.1 Å². The number of aromatic nitrogens is 2. The molecule has 0 aliphatic carbocycles. The molecule has 0 amide bonds. The fraction of sp³-hybridized carbons (Fsp3) is 0.158. The van der Waals surface area contributed by atoms with Crippen molar-refractivity contribution in [3.8, 4) is 45.0 Å². The second kappa shape index (κ2) is 14.7. The Morgan fingerprint density at radius 1 is 0.420 bits per heavy atom. The Kier molecular flexibility index (Phi) is 9.97. The smallest absolute Gasteiger partial charge is 0.269 e. The Morgan fingerprint density at radius 3 is 0.920 bits per heavy atom. The molecule has 0 saturated heterocycles. The van der Waals surface area contributed by atoms with Crippen LogP contribution < -0.4 is 0 Å². The van der Waals surface area contributed by atoms with Crippen molar-refractivity contribution in [2.75, 3.05) is 0 Å². The van der Waals surface area contributed by atoms with Gasteiger partial charge in [0, 0.05) is 59.6 Å². The minimum absolute atomic E-state index is 0.0938. The zero-order valence-electron chi connectivity index (χ0n) is 26.8. The zero-order chi connectivity index (χ0) is 35.4. The van der Waals surface area contributed by atoms with Gasteiger partial charge in [-0.25, -0.2) is 0 Å². The van der Waals surface area contributed by atoms with Crippen LogP contribution in [-0.2, 0) is 39.5 Å². The molecule has 50 heavy (non-hydrogen) atoms. The Labute approximate surface area is 286 Å². The van der Waals surface area contributed by atoms with Crippen LogP contribution >= 0.6 is 0 Å². The third-order valence-corrected chi connectivity index (χ3v) is 8.93. The molecule has 2 aromatic heterocycles. The molecule has 4 aromatic carbocycles. The van der Waals surface area contributed by atoms with Crippen LogP contribution in [0.5, 0.6) is 0 Å². The first-order valence-electron chi connectivity index (χ1n) is 15.8. The van der Waals surface area contributed by atoms with Crippen molar-refractivity contribution < 1.29 is 30.3 Å². The predicted molar refractivity (Wildman–Crippen MR) is 188 cm³/mol. The van der Waals surface area contributed by atoms with E-state index in [1.807, 2.05) is 69.8 Å². The summed E-state index contributed by atoms with van der Waals surface area (Å²) in [6.45, 7) is -1.11. The number of aliphatic hydroxyl groups excluding tert-OH is 4. The monoisotopic (exact) mass is 674 g/mol. The van der Waals surface area contributed by atoms with Crippen LogP contribution in [0, 0.1) is 20.2 Å². The molecule has 0 fully saturated rings. The van der Waals surface area contributed by atoms with Gasteiger partial charge in [0.05, 0.1) is 59.0 Å². The highest BCUT2D eigenvalue weighted by molar-refractivity contribution is 5.79. The van der Waals surface area contributed by atoms with Crippen molar-refractivity contribution in [3.63, 3.8) is 0 Å². The van der Waals surface area contributed by atoms with Crippen LogP contribution in [0.2, 0.25) is 0 Å². The molecule has 12 heteroatoms. The molecule has 0 bridgehead atoms. The molecular weight excluding hydrogens is 640 g/mol. The number of aliphatic hydroxyl groups is 4. The molecule has 6 rings (SSSR count). The van der Waals surface area contributed by atoms with E-state index in [9.17, 15) is 40.7 Å². The molecule has 0 spiro atoms.